The zero-order chi connectivity index (χ0) is 32.3. The Bertz CT molecular complexity index is 1870. The first-order valence-corrected chi connectivity index (χ1v) is 15.9. The van der Waals surface area contributed by atoms with Gasteiger partial charge in [0.25, 0.3) is 10.0 Å². The van der Waals surface area contributed by atoms with Crippen LogP contribution in [0.15, 0.2) is 53.6 Å². The zero-order valence-corrected chi connectivity index (χ0v) is 26.1. The molecule has 238 valence electrons. The molecule has 5 rings (SSSR count). The Hall–Kier alpha value is -3.82. The van der Waals surface area contributed by atoms with Gasteiger partial charge in [-0.1, -0.05) is 29.3 Å². The first-order valence-electron chi connectivity index (χ1n) is 13.7. The van der Waals surface area contributed by atoms with Gasteiger partial charge in [-0.15, -0.1) is 0 Å². The van der Waals surface area contributed by atoms with Crippen molar-refractivity contribution in [2.75, 3.05) is 43.4 Å². The molecule has 0 aliphatic carbocycles. The third-order valence-electron chi connectivity index (χ3n) is 7.13. The number of anilines is 2. The minimum absolute atomic E-state index is 0.00725. The number of urea groups is 1. The van der Waals surface area contributed by atoms with Gasteiger partial charge in [-0.3, -0.25) is 4.72 Å². The number of carbonyl (C=O) groups excluding carboxylic acids is 1. The Morgan fingerprint density at radius 1 is 1.18 bits per heavy atom. The fraction of sp³-hybridized carbons (Fsp3) is 0.276. The van der Waals surface area contributed by atoms with Crippen molar-refractivity contribution in [1.82, 2.24) is 20.2 Å². The second kappa shape index (κ2) is 13.7. The smallest absolute Gasteiger partial charge is 0.317 e. The number of amides is 2. The molecule has 3 aromatic carbocycles. The van der Waals surface area contributed by atoms with Crippen LogP contribution in [-0.4, -0.2) is 73.8 Å². The number of halogens is 4. The third kappa shape index (κ3) is 7.20. The number of nitrogens with zero attached hydrogens (tertiary/aromatic N) is 3. The predicted molar refractivity (Wildman–Crippen MR) is 167 cm³/mol. The van der Waals surface area contributed by atoms with Crippen molar-refractivity contribution in [2.24, 2.45) is 0 Å². The summed E-state index contributed by atoms with van der Waals surface area (Å²) in [6.07, 6.45) is 2.20. The predicted octanol–water partition coefficient (Wildman–Crippen LogP) is 5.02. The van der Waals surface area contributed by atoms with E-state index in [9.17, 15) is 22.7 Å². The summed E-state index contributed by atoms with van der Waals surface area (Å²) in [6.45, 7) is 1.29. The van der Waals surface area contributed by atoms with E-state index in [1.165, 1.54) is 24.4 Å². The maximum absolute atomic E-state index is 15.7. The number of rotatable bonds is 10. The van der Waals surface area contributed by atoms with Crippen molar-refractivity contribution >= 4 is 61.8 Å². The Kier molecular flexibility index (Phi) is 9.89. The summed E-state index contributed by atoms with van der Waals surface area (Å²) in [6, 6.07) is 8.52. The molecule has 1 aliphatic heterocycles. The minimum atomic E-state index is -4.49. The van der Waals surface area contributed by atoms with Crippen LogP contribution in [0.1, 0.15) is 12.0 Å². The van der Waals surface area contributed by atoms with Crippen LogP contribution in [0.2, 0.25) is 10.0 Å². The van der Waals surface area contributed by atoms with E-state index in [1.807, 2.05) is 0 Å². The van der Waals surface area contributed by atoms with E-state index in [4.69, 9.17) is 27.9 Å². The fourth-order valence-electron chi connectivity index (χ4n) is 4.90. The summed E-state index contributed by atoms with van der Waals surface area (Å²) in [5, 5.41) is 15.7. The Balaban J connectivity index is 1.35. The van der Waals surface area contributed by atoms with Crippen LogP contribution in [0, 0.1) is 11.6 Å². The molecule has 4 N–H and O–H groups in total. The Morgan fingerprint density at radius 2 is 1.98 bits per heavy atom. The van der Waals surface area contributed by atoms with Crippen molar-refractivity contribution in [1.29, 1.82) is 0 Å². The highest BCUT2D eigenvalue weighted by Crippen LogP contribution is 2.35. The van der Waals surface area contributed by atoms with Gasteiger partial charge in [0.2, 0.25) is 5.95 Å². The van der Waals surface area contributed by atoms with Gasteiger partial charge in [-0.05, 0) is 53.9 Å². The van der Waals surface area contributed by atoms with Crippen molar-refractivity contribution in [3.05, 3.63) is 75.9 Å². The quantitative estimate of drug-likeness (QED) is 0.171. The largest absolute Gasteiger partial charge is 0.392 e. The van der Waals surface area contributed by atoms with Gasteiger partial charge in [0.05, 0.1) is 35.0 Å². The zero-order valence-electron chi connectivity index (χ0n) is 23.8. The lowest BCUT2D eigenvalue weighted by Crippen LogP contribution is -2.40. The molecule has 16 heteroatoms. The Morgan fingerprint density at radius 3 is 2.73 bits per heavy atom. The highest BCUT2D eigenvalue weighted by atomic mass is 35.5. The van der Waals surface area contributed by atoms with E-state index in [-0.39, 0.29) is 33.2 Å². The molecule has 2 heterocycles. The van der Waals surface area contributed by atoms with Gasteiger partial charge in [-0.25, -0.2) is 32.0 Å². The molecule has 0 radical (unpaired) electrons. The summed E-state index contributed by atoms with van der Waals surface area (Å²) in [4.78, 5) is 22.3. The van der Waals surface area contributed by atoms with Crippen LogP contribution in [0.4, 0.5) is 25.2 Å². The number of nitrogens with one attached hydrogen (secondary N) is 3. The lowest BCUT2D eigenvalue weighted by Gasteiger charge is -2.18. The summed E-state index contributed by atoms with van der Waals surface area (Å²) >= 11 is 12.1. The summed E-state index contributed by atoms with van der Waals surface area (Å²) < 4.78 is 64.0. The van der Waals surface area contributed by atoms with Crippen LogP contribution in [0.25, 0.3) is 22.0 Å². The van der Waals surface area contributed by atoms with Gasteiger partial charge >= 0.3 is 6.03 Å². The van der Waals surface area contributed by atoms with Crippen molar-refractivity contribution < 1.29 is 31.8 Å². The standard InChI is InChI=1S/C29H28Cl2F2N6O5S/c1-44-9-7-34-29(41)39-8-6-20(14-39)36-28-35-13-17-10-16(2-4-22(17)37-28)25-21(32)3-5-23(27(25)33)38-45(42,43)24-12-19(30)11-18(15-40)26(24)31/h2-5,10-13,20,38,40H,6-9,14-15H2,1H3,(H,34,41)(H,35,36,37)/t20-/m1/s1. The van der Waals surface area contributed by atoms with Crippen LogP contribution < -0.4 is 15.4 Å². The SMILES string of the molecule is COCCNC(=O)N1CC[C@@H](Nc2ncc3cc(-c4c(F)ccc(NS(=O)(=O)c5cc(Cl)cc(CO)c5Cl)c4F)ccc3n2)C1. The maximum Gasteiger partial charge on any atom is 0.317 e. The van der Waals surface area contributed by atoms with Crippen LogP contribution in [0.5, 0.6) is 0 Å². The number of aromatic nitrogens is 2. The van der Waals surface area contributed by atoms with E-state index in [1.54, 1.807) is 18.1 Å². The first-order chi connectivity index (χ1) is 21.5. The van der Waals surface area contributed by atoms with Crippen molar-refractivity contribution in [2.45, 2.75) is 24.0 Å². The molecule has 0 spiro atoms. The number of sulfonamides is 1. The maximum atomic E-state index is 15.7. The molecule has 0 bridgehead atoms. The molecule has 2 amide bonds. The molecule has 1 atom stereocenters. The van der Waals surface area contributed by atoms with E-state index < -0.39 is 44.4 Å². The second-order valence-corrected chi connectivity index (χ2v) is 12.7. The number of hydrogen-bond donors (Lipinski definition) is 4. The van der Waals surface area contributed by atoms with E-state index in [2.05, 4.69) is 25.3 Å². The third-order valence-corrected chi connectivity index (χ3v) is 9.30. The number of likely N-dealkylation sites (tertiary alicyclic amines) is 1. The van der Waals surface area contributed by atoms with Crippen LogP contribution in [0.3, 0.4) is 0 Å². The molecule has 1 fully saturated rings. The normalized spacial score (nSPS) is 15.0. The Labute approximate surface area is 267 Å². The molecule has 45 heavy (non-hydrogen) atoms. The topological polar surface area (TPSA) is 146 Å². The second-order valence-electron chi connectivity index (χ2n) is 10.2. The average Bonchev–Trinajstić information content (AvgIpc) is 3.48. The summed E-state index contributed by atoms with van der Waals surface area (Å²) in [5.41, 5.74) is -0.314. The lowest BCUT2D eigenvalue weighted by atomic mass is 10.0. The number of fused-ring (bicyclic) bond motifs is 1. The summed E-state index contributed by atoms with van der Waals surface area (Å²) in [7, 11) is -2.93. The molecule has 0 unspecified atom stereocenters. The highest BCUT2D eigenvalue weighted by molar-refractivity contribution is 7.92. The van der Waals surface area contributed by atoms with Crippen molar-refractivity contribution in [3.63, 3.8) is 0 Å². The molecular weight excluding hydrogens is 653 g/mol. The van der Waals surface area contributed by atoms with Gasteiger partial charge in [0.1, 0.15) is 10.7 Å². The molecular formula is C29H28Cl2F2N6O5S. The summed E-state index contributed by atoms with van der Waals surface area (Å²) in [5.74, 6) is -1.75. The van der Waals surface area contributed by atoms with Crippen LogP contribution >= 0.6 is 23.2 Å². The number of carbonyl (C=O) groups is 1. The molecule has 11 nitrogen and oxygen atoms in total. The van der Waals surface area contributed by atoms with E-state index in [0.717, 1.165) is 18.2 Å². The van der Waals surface area contributed by atoms with Gasteiger partial charge < -0.3 is 25.4 Å². The number of ether oxygens (including phenoxy) is 1. The van der Waals surface area contributed by atoms with Gasteiger partial charge in [-0.2, -0.15) is 0 Å². The van der Waals surface area contributed by atoms with Gasteiger partial charge in [0.15, 0.2) is 5.82 Å². The van der Waals surface area contributed by atoms with Crippen molar-refractivity contribution in [3.8, 4) is 11.1 Å². The number of aliphatic hydroxyl groups excluding tert-OH is 1. The number of aliphatic hydroxyl groups is 1. The molecule has 1 aliphatic rings. The van der Waals surface area contributed by atoms with E-state index >= 15 is 4.39 Å². The molecule has 1 saturated heterocycles. The fourth-order valence-corrected chi connectivity index (χ4v) is 6.89. The number of methoxy groups -OCH3 is 1. The van der Waals surface area contributed by atoms with Crippen LogP contribution in [-0.2, 0) is 21.4 Å². The van der Waals surface area contributed by atoms with Gasteiger partial charge in [0, 0.05) is 49.4 Å². The number of benzene rings is 3. The molecule has 0 saturated carbocycles. The minimum Gasteiger partial charge on any atom is -0.392 e. The monoisotopic (exact) mass is 680 g/mol. The molecule has 4 aromatic rings. The molecule has 1 aromatic heterocycles. The highest BCUT2D eigenvalue weighted by Gasteiger charge is 2.27. The average molecular weight is 682 g/mol. The lowest BCUT2D eigenvalue weighted by molar-refractivity contribution is 0.185. The number of hydrogen-bond acceptors (Lipinski definition) is 8. The van der Waals surface area contributed by atoms with E-state index in [0.29, 0.717) is 49.5 Å². The first kappa shape index (κ1) is 32.6.